The lowest BCUT2D eigenvalue weighted by molar-refractivity contribution is -0.128. The largest absolute Gasteiger partial charge is 0.376 e. The first-order valence-electron chi connectivity index (χ1n) is 6.53. The van der Waals surface area contributed by atoms with E-state index >= 15 is 0 Å². The molecule has 1 amide bonds. The standard InChI is InChI=1S/C16H16Cl2N2O/c1-20(11-12-7-8-13(17)9-15(12)18)16(21)10-19-14-5-3-2-4-6-14/h2-9,19H,10-11H2,1H3. The molecule has 0 bridgehead atoms. The summed E-state index contributed by atoms with van der Waals surface area (Å²) in [6.07, 6.45) is 0. The molecule has 0 fully saturated rings. The number of hydrogen-bond donors (Lipinski definition) is 1. The first-order valence-corrected chi connectivity index (χ1v) is 7.28. The van der Waals surface area contributed by atoms with Crippen molar-refractivity contribution in [2.45, 2.75) is 6.54 Å². The summed E-state index contributed by atoms with van der Waals surface area (Å²) in [6, 6.07) is 14.9. The van der Waals surface area contributed by atoms with Crippen LogP contribution in [-0.2, 0) is 11.3 Å². The average molecular weight is 323 g/mol. The number of benzene rings is 2. The summed E-state index contributed by atoms with van der Waals surface area (Å²) in [7, 11) is 1.75. The summed E-state index contributed by atoms with van der Waals surface area (Å²) in [4.78, 5) is 13.7. The number of para-hydroxylation sites is 1. The van der Waals surface area contributed by atoms with Crippen LogP contribution in [0.3, 0.4) is 0 Å². The zero-order chi connectivity index (χ0) is 15.2. The molecule has 0 atom stereocenters. The van der Waals surface area contributed by atoms with E-state index in [-0.39, 0.29) is 12.5 Å². The molecule has 0 heterocycles. The fraction of sp³-hybridized carbons (Fsp3) is 0.188. The van der Waals surface area contributed by atoms with Crippen LogP contribution in [-0.4, -0.2) is 24.4 Å². The van der Waals surface area contributed by atoms with Crippen LogP contribution in [0.2, 0.25) is 10.0 Å². The topological polar surface area (TPSA) is 32.3 Å². The van der Waals surface area contributed by atoms with Crippen LogP contribution in [0, 0.1) is 0 Å². The molecule has 5 heteroatoms. The number of carbonyl (C=O) groups excluding carboxylic acids is 1. The van der Waals surface area contributed by atoms with E-state index in [9.17, 15) is 4.79 Å². The minimum absolute atomic E-state index is 0.00938. The van der Waals surface area contributed by atoms with Crippen molar-refractivity contribution >= 4 is 34.8 Å². The molecular weight excluding hydrogens is 307 g/mol. The molecule has 110 valence electrons. The highest BCUT2D eigenvalue weighted by atomic mass is 35.5. The van der Waals surface area contributed by atoms with Crippen LogP contribution >= 0.6 is 23.2 Å². The number of anilines is 1. The summed E-state index contributed by atoms with van der Waals surface area (Å²) in [5.74, 6) is -0.00938. The minimum atomic E-state index is -0.00938. The van der Waals surface area contributed by atoms with Crippen molar-refractivity contribution in [3.63, 3.8) is 0 Å². The highest BCUT2D eigenvalue weighted by Crippen LogP contribution is 2.22. The molecule has 3 nitrogen and oxygen atoms in total. The average Bonchev–Trinajstić information content (AvgIpc) is 2.48. The second-order valence-electron chi connectivity index (χ2n) is 4.71. The van der Waals surface area contributed by atoms with Crippen LogP contribution in [0.5, 0.6) is 0 Å². The normalized spacial score (nSPS) is 10.2. The molecule has 0 aliphatic carbocycles. The fourth-order valence-corrected chi connectivity index (χ4v) is 2.33. The lowest BCUT2D eigenvalue weighted by atomic mass is 10.2. The van der Waals surface area contributed by atoms with Gasteiger partial charge in [-0.2, -0.15) is 0 Å². The maximum atomic E-state index is 12.1. The van der Waals surface area contributed by atoms with Gasteiger partial charge in [0.25, 0.3) is 0 Å². The van der Waals surface area contributed by atoms with Crippen molar-refractivity contribution in [2.24, 2.45) is 0 Å². The molecule has 21 heavy (non-hydrogen) atoms. The SMILES string of the molecule is CN(Cc1ccc(Cl)cc1Cl)C(=O)CNc1ccccc1. The number of hydrogen-bond acceptors (Lipinski definition) is 2. The van der Waals surface area contributed by atoms with Gasteiger partial charge in [0.1, 0.15) is 0 Å². The zero-order valence-corrected chi connectivity index (χ0v) is 13.2. The Hall–Kier alpha value is -1.71. The summed E-state index contributed by atoms with van der Waals surface area (Å²) in [6.45, 7) is 0.691. The Kier molecular flexibility index (Phi) is 5.48. The fourth-order valence-electron chi connectivity index (χ4n) is 1.86. The number of amides is 1. The molecule has 0 saturated heterocycles. The third kappa shape index (κ3) is 4.66. The van der Waals surface area contributed by atoms with Gasteiger partial charge in [0, 0.05) is 29.3 Å². The molecule has 0 unspecified atom stereocenters. The molecular formula is C16H16Cl2N2O. The predicted octanol–water partition coefficient (Wildman–Crippen LogP) is 4.06. The van der Waals surface area contributed by atoms with Crippen molar-refractivity contribution in [1.82, 2.24) is 4.90 Å². The van der Waals surface area contributed by atoms with E-state index in [1.165, 1.54) is 0 Å². The van der Waals surface area contributed by atoms with E-state index in [0.29, 0.717) is 16.6 Å². The van der Waals surface area contributed by atoms with Crippen molar-refractivity contribution in [2.75, 3.05) is 18.9 Å². The monoisotopic (exact) mass is 322 g/mol. The third-order valence-electron chi connectivity index (χ3n) is 3.07. The van der Waals surface area contributed by atoms with Gasteiger partial charge in [-0.25, -0.2) is 0 Å². The van der Waals surface area contributed by atoms with Gasteiger partial charge in [-0.3, -0.25) is 4.79 Å². The Bertz CT molecular complexity index is 617. The van der Waals surface area contributed by atoms with E-state index in [1.807, 2.05) is 36.4 Å². The van der Waals surface area contributed by atoms with Gasteiger partial charge in [-0.05, 0) is 29.8 Å². The lowest BCUT2D eigenvalue weighted by Crippen LogP contribution is -2.31. The zero-order valence-electron chi connectivity index (χ0n) is 11.6. The third-order valence-corrected chi connectivity index (χ3v) is 3.65. The summed E-state index contributed by atoms with van der Waals surface area (Å²) in [5, 5.41) is 4.24. The number of halogens is 2. The highest BCUT2D eigenvalue weighted by Gasteiger charge is 2.11. The second kappa shape index (κ2) is 7.34. The summed E-state index contributed by atoms with van der Waals surface area (Å²) in [5.41, 5.74) is 1.79. The van der Waals surface area contributed by atoms with Crippen molar-refractivity contribution in [3.05, 3.63) is 64.1 Å². The quantitative estimate of drug-likeness (QED) is 0.900. The molecule has 2 aromatic rings. The van der Waals surface area contributed by atoms with Gasteiger partial charge >= 0.3 is 0 Å². The Labute approximate surface area is 134 Å². The maximum Gasteiger partial charge on any atom is 0.241 e. The minimum Gasteiger partial charge on any atom is -0.376 e. The first kappa shape index (κ1) is 15.7. The van der Waals surface area contributed by atoms with E-state index in [1.54, 1.807) is 24.1 Å². The smallest absolute Gasteiger partial charge is 0.241 e. The van der Waals surface area contributed by atoms with Crippen LogP contribution < -0.4 is 5.32 Å². The van der Waals surface area contributed by atoms with Gasteiger partial charge in [0.15, 0.2) is 0 Å². The molecule has 2 aromatic carbocycles. The Morgan fingerprint density at radius 1 is 1.14 bits per heavy atom. The molecule has 0 spiro atoms. The lowest BCUT2D eigenvalue weighted by Gasteiger charge is -2.18. The van der Waals surface area contributed by atoms with Crippen LogP contribution in [0.4, 0.5) is 5.69 Å². The molecule has 1 N–H and O–H groups in total. The number of likely N-dealkylation sites (N-methyl/N-ethyl adjacent to an activating group) is 1. The van der Waals surface area contributed by atoms with E-state index in [0.717, 1.165) is 11.3 Å². The molecule has 0 saturated carbocycles. The number of nitrogens with zero attached hydrogens (tertiary/aromatic N) is 1. The predicted molar refractivity (Wildman–Crippen MR) is 87.9 cm³/mol. The van der Waals surface area contributed by atoms with Crippen LogP contribution in [0.15, 0.2) is 48.5 Å². The van der Waals surface area contributed by atoms with Crippen molar-refractivity contribution in [1.29, 1.82) is 0 Å². The number of nitrogens with one attached hydrogen (secondary N) is 1. The Morgan fingerprint density at radius 2 is 1.86 bits per heavy atom. The molecule has 0 aliphatic heterocycles. The second-order valence-corrected chi connectivity index (χ2v) is 5.55. The van der Waals surface area contributed by atoms with E-state index in [2.05, 4.69) is 5.32 Å². The first-order chi connectivity index (χ1) is 10.1. The molecule has 2 rings (SSSR count). The van der Waals surface area contributed by atoms with Crippen LogP contribution in [0.1, 0.15) is 5.56 Å². The van der Waals surface area contributed by atoms with E-state index < -0.39 is 0 Å². The highest BCUT2D eigenvalue weighted by molar-refractivity contribution is 6.35. The van der Waals surface area contributed by atoms with Gasteiger partial charge in [0.05, 0.1) is 6.54 Å². The van der Waals surface area contributed by atoms with Gasteiger partial charge in [-0.15, -0.1) is 0 Å². The van der Waals surface area contributed by atoms with Gasteiger partial charge in [-0.1, -0.05) is 47.5 Å². The van der Waals surface area contributed by atoms with Gasteiger partial charge in [0.2, 0.25) is 5.91 Å². The number of rotatable bonds is 5. The Balaban J connectivity index is 1.90. The summed E-state index contributed by atoms with van der Waals surface area (Å²) < 4.78 is 0. The Morgan fingerprint density at radius 3 is 2.52 bits per heavy atom. The van der Waals surface area contributed by atoms with Crippen LogP contribution in [0.25, 0.3) is 0 Å². The maximum absolute atomic E-state index is 12.1. The van der Waals surface area contributed by atoms with Gasteiger partial charge < -0.3 is 10.2 Å². The van der Waals surface area contributed by atoms with E-state index in [4.69, 9.17) is 23.2 Å². The van der Waals surface area contributed by atoms with Crippen molar-refractivity contribution in [3.8, 4) is 0 Å². The van der Waals surface area contributed by atoms with Crippen molar-refractivity contribution < 1.29 is 4.79 Å². The molecule has 0 aromatic heterocycles. The molecule has 0 aliphatic rings. The molecule has 0 radical (unpaired) electrons. The number of carbonyl (C=O) groups is 1. The summed E-state index contributed by atoms with van der Waals surface area (Å²) >= 11 is 12.0.